The number of carbonyl (C=O) groups excluding carboxylic acids is 1. The Morgan fingerprint density at radius 2 is 2.00 bits per heavy atom. The highest BCUT2D eigenvalue weighted by atomic mass is 32.1. The molecule has 0 unspecified atom stereocenters. The van der Waals surface area contributed by atoms with E-state index in [1.165, 1.54) is 30.6 Å². The average Bonchev–Trinajstić information content (AvgIpc) is 3.46. The molecule has 2 aliphatic carbocycles. The maximum absolute atomic E-state index is 12.0. The zero-order valence-electron chi connectivity index (χ0n) is 16.8. The third-order valence-electron chi connectivity index (χ3n) is 6.62. The average molecular weight is 417 g/mol. The van der Waals surface area contributed by atoms with Crippen molar-refractivity contribution in [2.24, 2.45) is 5.84 Å². The Morgan fingerprint density at radius 3 is 2.67 bits per heavy atom. The summed E-state index contributed by atoms with van der Waals surface area (Å²) in [5, 5.41) is 12.1. The number of nitriles is 1. The fraction of sp³-hybridized carbons (Fsp3) is 0.375. The highest BCUT2D eigenvalue weighted by molar-refractivity contribution is 7.16. The first kappa shape index (κ1) is 19.2. The molecule has 0 amide bonds. The topological polar surface area (TPSA) is 83.0 Å². The minimum atomic E-state index is -0.449. The number of thiophene rings is 1. The number of nitrogens with zero attached hydrogens (tertiary/aromatic N) is 3. The molecule has 2 heterocycles. The van der Waals surface area contributed by atoms with E-state index in [2.05, 4.69) is 17.1 Å². The third kappa shape index (κ3) is 3.19. The summed E-state index contributed by atoms with van der Waals surface area (Å²) in [6.07, 6.45) is 10.4. The Hall–Kier alpha value is -2.75. The molecule has 0 saturated heterocycles. The van der Waals surface area contributed by atoms with Crippen LogP contribution in [0.15, 0.2) is 36.5 Å². The first-order chi connectivity index (χ1) is 14.6. The van der Waals surface area contributed by atoms with Crippen molar-refractivity contribution in [3.05, 3.63) is 47.0 Å². The molecule has 152 valence electrons. The fourth-order valence-electron chi connectivity index (χ4n) is 4.65. The summed E-state index contributed by atoms with van der Waals surface area (Å²) in [6, 6.07) is 12.5. The molecule has 2 saturated carbocycles. The van der Waals surface area contributed by atoms with Crippen LogP contribution in [0.2, 0.25) is 0 Å². The van der Waals surface area contributed by atoms with E-state index in [-0.39, 0.29) is 6.04 Å². The SMILES string of the molecule is N#Cc1ccc(-c2ccc3ncc(C4(C=O)CC4)c(N(N)C4CCCCC4)c3c2)s1. The molecular formula is C24H24N4OS. The molecular weight excluding hydrogens is 392 g/mol. The van der Waals surface area contributed by atoms with Gasteiger partial charge in [-0.3, -0.25) is 4.98 Å². The van der Waals surface area contributed by atoms with Gasteiger partial charge >= 0.3 is 0 Å². The molecule has 0 radical (unpaired) electrons. The van der Waals surface area contributed by atoms with E-state index >= 15 is 0 Å². The number of hydrogen-bond acceptors (Lipinski definition) is 6. The summed E-state index contributed by atoms with van der Waals surface area (Å²) in [4.78, 5) is 18.4. The van der Waals surface area contributed by atoms with Crippen LogP contribution in [0.5, 0.6) is 0 Å². The molecule has 6 heteroatoms. The van der Waals surface area contributed by atoms with Crippen LogP contribution in [0.3, 0.4) is 0 Å². The summed E-state index contributed by atoms with van der Waals surface area (Å²) in [6.45, 7) is 0. The van der Waals surface area contributed by atoms with Crippen LogP contribution in [0.1, 0.15) is 55.4 Å². The van der Waals surface area contributed by atoms with Gasteiger partial charge in [-0.25, -0.2) is 5.84 Å². The molecule has 2 aliphatic rings. The standard InChI is InChI=1S/C24H24N4OS/c25-13-18-7-9-22(30-18)16-6-8-21-19(12-16)23(28(26)17-4-2-1-3-5-17)20(14-27-21)24(15-29)10-11-24/h6-9,12,14-15,17H,1-5,10-11,26H2. The number of benzene rings is 1. The molecule has 0 bridgehead atoms. The van der Waals surface area contributed by atoms with Crippen LogP contribution in [-0.4, -0.2) is 17.3 Å². The summed E-state index contributed by atoms with van der Waals surface area (Å²) in [5.74, 6) is 6.78. The fourth-order valence-corrected chi connectivity index (χ4v) is 5.45. The van der Waals surface area contributed by atoms with Gasteiger partial charge < -0.3 is 9.80 Å². The lowest BCUT2D eigenvalue weighted by molar-refractivity contribution is -0.109. The summed E-state index contributed by atoms with van der Waals surface area (Å²) >= 11 is 1.48. The quantitative estimate of drug-likeness (QED) is 0.356. The van der Waals surface area contributed by atoms with E-state index in [4.69, 9.17) is 5.84 Å². The molecule has 2 N–H and O–H groups in total. The molecule has 2 fully saturated rings. The van der Waals surface area contributed by atoms with E-state index in [0.717, 1.165) is 64.6 Å². The molecule has 3 aromatic rings. The number of fused-ring (bicyclic) bond motifs is 1. The number of pyridine rings is 1. The predicted molar refractivity (Wildman–Crippen MR) is 120 cm³/mol. The molecule has 1 aromatic carbocycles. The van der Waals surface area contributed by atoms with Crippen LogP contribution in [0.25, 0.3) is 21.3 Å². The van der Waals surface area contributed by atoms with Gasteiger partial charge in [0.05, 0.1) is 16.6 Å². The van der Waals surface area contributed by atoms with E-state index in [9.17, 15) is 10.1 Å². The Labute approximate surface area is 180 Å². The smallest absolute Gasteiger partial charge is 0.130 e. The van der Waals surface area contributed by atoms with Crippen LogP contribution in [-0.2, 0) is 10.2 Å². The van der Waals surface area contributed by atoms with Gasteiger partial charge in [0.25, 0.3) is 0 Å². The summed E-state index contributed by atoms with van der Waals surface area (Å²) in [5.41, 5.74) is 3.38. The first-order valence-corrected chi connectivity index (χ1v) is 11.4. The van der Waals surface area contributed by atoms with Crippen molar-refractivity contribution in [2.45, 2.75) is 56.4 Å². The minimum absolute atomic E-state index is 0.279. The summed E-state index contributed by atoms with van der Waals surface area (Å²) in [7, 11) is 0. The number of hydrogen-bond donors (Lipinski definition) is 1. The van der Waals surface area contributed by atoms with Gasteiger partial charge in [-0.2, -0.15) is 5.26 Å². The first-order valence-electron chi connectivity index (χ1n) is 10.6. The van der Waals surface area contributed by atoms with Crippen molar-refractivity contribution in [1.82, 2.24) is 4.98 Å². The lowest BCUT2D eigenvalue weighted by Crippen LogP contribution is -2.43. The highest BCUT2D eigenvalue weighted by Gasteiger charge is 2.47. The number of aromatic nitrogens is 1. The zero-order valence-corrected chi connectivity index (χ0v) is 17.6. The Bertz CT molecular complexity index is 1150. The number of hydrazine groups is 1. The Balaban J connectivity index is 1.69. The van der Waals surface area contributed by atoms with Gasteiger partial charge in [0.2, 0.25) is 0 Å². The highest BCUT2D eigenvalue weighted by Crippen LogP contribution is 2.51. The van der Waals surface area contributed by atoms with Crippen molar-refractivity contribution in [2.75, 3.05) is 5.01 Å². The maximum atomic E-state index is 12.0. The van der Waals surface area contributed by atoms with Crippen molar-refractivity contribution >= 4 is 34.2 Å². The second-order valence-corrected chi connectivity index (χ2v) is 9.58. The van der Waals surface area contributed by atoms with Gasteiger partial charge in [-0.15, -0.1) is 11.3 Å². The normalized spacial score (nSPS) is 18.1. The molecule has 30 heavy (non-hydrogen) atoms. The molecule has 0 spiro atoms. The second kappa shape index (κ2) is 7.50. The Morgan fingerprint density at radius 1 is 1.20 bits per heavy atom. The van der Waals surface area contributed by atoms with E-state index in [1.807, 2.05) is 35.5 Å². The van der Waals surface area contributed by atoms with Gasteiger partial charge in [0.1, 0.15) is 17.2 Å². The van der Waals surface area contributed by atoms with Crippen molar-refractivity contribution in [3.8, 4) is 16.5 Å². The molecule has 0 aliphatic heterocycles. The van der Waals surface area contributed by atoms with Crippen LogP contribution >= 0.6 is 11.3 Å². The van der Waals surface area contributed by atoms with Gasteiger partial charge in [0.15, 0.2) is 0 Å². The zero-order chi connectivity index (χ0) is 20.7. The van der Waals surface area contributed by atoms with Crippen LogP contribution in [0.4, 0.5) is 5.69 Å². The molecule has 2 aromatic heterocycles. The summed E-state index contributed by atoms with van der Waals surface area (Å²) < 4.78 is 0. The van der Waals surface area contributed by atoms with Crippen molar-refractivity contribution in [1.29, 1.82) is 5.26 Å². The number of aldehydes is 1. The lowest BCUT2D eigenvalue weighted by atomic mass is 9.91. The van der Waals surface area contributed by atoms with E-state index < -0.39 is 5.41 Å². The minimum Gasteiger partial charge on any atom is -0.307 e. The second-order valence-electron chi connectivity index (χ2n) is 8.50. The molecule has 5 nitrogen and oxygen atoms in total. The number of rotatable bonds is 5. The monoisotopic (exact) mass is 416 g/mol. The maximum Gasteiger partial charge on any atom is 0.130 e. The largest absolute Gasteiger partial charge is 0.307 e. The predicted octanol–water partition coefficient (Wildman–Crippen LogP) is 5.08. The lowest BCUT2D eigenvalue weighted by Gasteiger charge is -2.35. The van der Waals surface area contributed by atoms with Crippen LogP contribution < -0.4 is 10.9 Å². The number of anilines is 1. The molecule has 0 atom stereocenters. The number of nitrogens with two attached hydrogens (primary N) is 1. The third-order valence-corrected chi connectivity index (χ3v) is 7.66. The molecule has 5 rings (SSSR count). The Kier molecular flexibility index (Phi) is 4.80. The van der Waals surface area contributed by atoms with Gasteiger partial charge in [0, 0.05) is 28.1 Å². The van der Waals surface area contributed by atoms with Crippen LogP contribution in [0, 0.1) is 11.3 Å². The number of carbonyl (C=O) groups is 1. The van der Waals surface area contributed by atoms with E-state index in [1.54, 1.807) is 0 Å². The van der Waals surface area contributed by atoms with E-state index in [0.29, 0.717) is 4.88 Å². The van der Waals surface area contributed by atoms with Gasteiger partial charge in [-0.1, -0.05) is 25.3 Å². The van der Waals surface area contributed by atoms with Crippen molar-refractivity contribution in [3.63, 3.8) is 0 Å². The van der Waals surface area contributed by atoms with Crippen molar-refractivity contribution < 1.29 is 4.79 Å². The van der Waals surface area contributed by atoms with Gasteiger partial charge in [-0.05, 0) is 55.5 Å².